The zero-order valence-corrected chi connectivity index (χ0v) is 15.3. The van der Waals surface area contributed by atoms with Gasteiger partial charge in [0, 0.05) is 10.7 Å². The van der Waals surface area contributed by atoms with Crippen molar-refractivity contribution in [3.05, 3.63) is 64.2 Å². The van der Waals surface area contributed by atoms with Gasteiger partial charge in [0.2, 0.25) is 0 Å². The quantitative estimate of drug-likeness (QED) is 0.434. The molecule has 2 aromatic carbocycles. The second-order valence-electron chi connectivity index (χ2n) is 5.29. The van der Waals surface area contributed by atoms with Gasteiger partial charge in [-0.2, -0.15) is 0 Å². The highest BCUT2D eigenvalue weighted by atomic mass is 127. The molecular formula is C17H19ClIN3. The van der Waals surface area contributed by atoms with E-state index < -0.39 is 0 Å². The fourth-order valence-electron chi connectivity index (χ4n) is 2.65. The number of aliphatic imine (C=N–C) groups is 1. The molecule has 0 radical (unpaired) electrons. The number of fused-ring (bicyclic) bond motifs is 1. The highest BCUT2D eigenvalue weighted by Gasteiger charge is 2.10. The zero-order chi connectivity index (χ0) is 14.7. The molecule has 1 aliphatic rings. The van der Waals surface area contributed by atoms with Crippen LogP contribution in [0.25, 0.3) is 0 Å². The number of hydrogen-bond donors (Lipinski definition) is 2. The Morgan fingerprint density at radius 2 is 1.95 bits per heavy atom. The van der Waals surface area contributed by atoms with E-state index in [0.29, 0.717) is 17.5 Å². The number of rotatable bonds is 3. The minimum atomic E-state index is 0. The molecule has 0 saturated carbocycles. The van der Waals surface area contributed by atoms with E-state index in [1.807, 2.05) is 24.3 Å². The van der Waals surface area contributed by atoms with Crippen LogP contribution in [0.15, 0.2) is 47.5 Å². The Bertz CT molecular complexity index is 685. The van der Waals surface area contributed by atoms with Crippen LogP contribution >= 0.6 is 35.6 Å². The third-order valence-electron chi connectivity index (χ3n) is 3.69. The SMILES string of the molecule is I.NC(=NCc1cccc(Cl)c1)Nc1ccc2c(c1)CCC2. The number of aryl methyl sites for hydroxylation is 2. The summed E-state index contributed by atoms with van der Waals surface area (Å²) in [5, 5.41) is 3.87. The molecule has 0 spiro atoms. The molecule has 3 nitrogen and oxygen atoms in total. The summed E-state index contributed by atoms with van der Waals surface area (Å²) in [5.74, 6) is 0.424. The molecule has 0 amide bonds. The van der Waals surface area contributed by atoms with Crippen LogP contribution < -0.4 is 11.1 Å². The number of halogens is 2. The summed E-state index contributed by atoms with van der Waals surface area (Å²) in [4.78, 5) is 4.35. The lowest BCUT2D eigenvalue weighted by Gasteiger charge is -2.08. The van der Waals surface area contributed by atoms with Crippen molar-refractivity contribution in [2.45, 2.75) is 25.8 Å². The lowest BCUT2D eigenvalue weighted by molar-refractivity contribution is 0.912. The summed E-state index contributed by atoms with van der Waals surface area (Å²) in [6.07, 6.45) is 3.59. The van der Waals surface area contributed by atoms with Crippen molar-refractivity contribution >= 4 is 47.2 Å². The average Bonchev–Trinajstić information content (AvgIpc) is 2.93. The molecule has 2 aromatic rings. The number of nitrogens with one attached hydrogen (secondary N) is 1. The van der Waals surface area contributed by atoms with Crippen molar-refractivity contribution in [1.82, 2.24) is 0 Å². The third-order valence-corrected chi connectivity index (χ3v) is 3.93. The lowest BCUT2D eigenvalue weighted by atomic mass is 10.1. The summed E-state index contributed by atoms with van der Waals surface area (Å²) in [6.45, 7) is 0.518. The molecule has 0 saturated heterocycles. The Hall–Kier alpha value is -1.27. The Balaban J connectivity index is 0.00000176. The lowest BCUT2D eigenvalue weighted by Crippen LogP contribution is -2.22. The number of hydrogen-bond acceptors (Lipinski definition) is 1. The van der Waals surface area contributed by atoms with Gasteiger partial charge in [-0.3, -0.25) is 0 Å². The van der Waals surface area contributed by atoms with Crippen LogP contribution in [0.2, 0.25) is 5.02 Å². The van der Waals surface area contributed by atoms with Crippen LogP contribution in [0, 0.1) is 0 Å². The van der Waals surface area contributed by atoms with Gasteiger partial charge in [0.05, 0.1) is 6.54 Å². The topological polar surface area (TPSA) is 50.4 Å². The third kappa shape index (κ3) is 4.36. The zero-order valence-electron chi connectivity index (χ0n) is 12.2. The Kier molecular flexibility index (Phi) is 6.08. The number of nitrogens with two attached hydrogens (primary N) is 1. The van der Waals surface area contributed by atoms with Gasteiger partial charge in [-0.1, -0.05) is 29.8 Å². The van der Waals surface area contributed by atoms with Crippen molar-refractivity contribution < 1.29 is 0 Å². The normalized spacial score (nSPS) is 13.4. The molecule has 5 heteroatoms. The molecule has 0 aliphatic heterocycles. The van der Waals surface area contributed by atoms with Gasteiger partial charge < -0.3 is 11.1 Å². The first-order valence-electron chi connectivity index (χ1n) is 7.14. The molecule has 0 heterocycles. The standard InChI is InChI=1S/C17H18ClN3.HI/c18-15-6-1-3-12(9-15)11-20-17(19)21-16-8-7-13-4-2-5-14(13)10-16;/h1,3,6-10H,2,4-5,11H2,(H3,19,20,21);1H. The van der Waals surface area contributed by atoms with E-state index in [1.54, 1.807) is 0 Å². The average molecular weight is 428 g/mol. The summed E-state index contributed by atoms with van der Waals surface area (Å²) < 4.78 is 0. The summed E-state index contributed by atoms with van der Waals surface area (Å²) in [7, 11) is 0. The van der Waals surface area contributed by atoms with Gasteiger partial charge >= 0.3 is 0 Å². The highest BCUT2D eigenvalue weighted by molar-refractivity contribution is 14.0. The fourth-order valence-corrected chi connectivity index (χ4v) is 2.86. The van der Waals surface area contributed by atoms with E-state index in [1.165, 1.54) is 24.0 Å². The smallest absolute Gasteiger partial charge is 0.193 e. The molecular weight excluding hydrogens is 409 g/mol. The molecule has 0 atom stereocenters. The van der Waals surface area contributed by atoms with Crippen LogP contribution in [0.5, 0.6) is 0 Å². The minimum Gasteiger partial charge on any atom is -0.370 e. The van der Waals surface area contributed by atoms with Crippen molar-refractivity contribution in [1.29, 1.82) is 0 Å². The van der Waals surface area contributed by atoms with E-state index in [4.69, 9.17) is 17.3 Å². The van der Waals surface area contributed by atoms with Gasteiger partial charge in [0.15, 0.2) is 5.96 Å². The van der Waals surface area contributed by atoms with Crippen molar-refractivity contribution in [2.24, 2.45) is 10.7 Å². The van der Waals surface area contributed by atoms with E-state index in [0.717, 1.165) is 17.7 Å². The molecule has 0 fully saturated rings. The number of anilines is 1. The van der Waals surface area contributed by atoms with Gasteiger partial charge in [0.1, 0.15) is 0 Å². The molecule has 0 unspecified atom stereocenters. The maximum absolute atomic E-state index is 5.95. The number of nitrogens with zero attached hydrogens (tertiary/aromatic N) is 1. The Morgan fingerprint density at radius 3 is 2.77 bits per heavy atom. The molecule has 116 valence electrons. The molecule has 3 N–H and O–H groups in total. The maximum Gasteiger partial charge on any atom is 0.193 e. The molecule has 0 aromatic heterocycles. The molecule has 0 bridgehead atoms. The van der Waals surface area contributed by atoms with Gasteiger partial charge in [-0.15, -0.1) is 24.0 Å². The van der Waals surface area contributed by atoms with Crippen LogP contribution in [-0.2, 0) is 19.4 Å². The second-order valence-corrected chi connectivity index (χ2v) is 5.73. The second kappa shape index (κ2) is 7.83. The Labute approximate surface area is 153 Å². The minimum absolute atomic E-state index is 0. The Morgan fingerprint density at radius 1 is 1.14 bits per heavy atom. The van der Waals surface area contributed by atoms with E-state index in [2.05, 4.69) is 28.5 Å². The predicted octanol–water partition coefficient (Wildman–Crippen LogP) is 4.37. The van der Waals surface area contributed by atoms with E-state index >= 15 is 0 Å². The molecule has 1 aliphatic carbocycles. The van der Waals surface area contributed by atoms with Crippen molar-refractivity contribution in [3.63, 3.8) is 0 Å². The highest BCUT2D eigenvalue weighted by Crippen LogP contribution is 2.24. The van der Waals surface area contributed by atoms with Gasteiger partial charge in [0.25, 0.3) is 0 Å². The largest absolute Gasteiger partial charge is 0.370 e. The van der Waals surface area contributed by atoms with Crippen LogP contribution in [0.3, 0.4) is 0 Å². The molecule has 22 heavy (non-hydrogen) atoms. The van der Waals surface area contributed by atoms with E-state index in [9.17, 15) is 0 Å². The predicted molar refractivity (Wildman–Crippen MR) is 104 cm³/mol. The fraction of sp³-hybridized carbons (Fsp3) is 0.235. The van der Waals surface area contributed by atoms with Crippen LogP contribution in [-0.4, -0.2) is 5.96 Å². The van der Waals surface area contributed by atoms with E-state index in [-0.39, 0.29) is 24.0 Å². The summed E-state index contributed by atoms with van der Waals surface area (Å²) >= 11 is 5.95. The number of benzene rings is 2. The number of guanidine groups is 1. The van der Waals surface area contributed by atoms with Crippen LogP contribution in [0.4, 0.5) is 5.69 Å². The first-order valence-corrected chi connectivity index (χ1v) is 7.52. The van der Waals surface area contributed by atoms with Crippen LogP contribution in [0.1, 0.15) is 23.1 Å². The van der Waals surface area contributed by atoms with Gasteiger partial charge in [-0.25, -0.2) is 4.99 Å². The summed E-state index contributed by atoms with van der Waals surface area (Å²) in [5.41, 5.74) is 10.9. The first kappa shape index (κ1) is 17.1. The molecule has 3 rings (SSSR count). The monoisotopic (exact) mass is 427 g/mol. The maximum atomic E-state index is 5.95. The van der Waals surface area contributed by atoms with Gasteiger partial charge in [-0.05, 0) is 60.2 Å². The van der Waals surface area contributed by atoms with Crippen molar-refractivity contribution in [2.75, 3.05) is 5.32 Å². The summed E-state index contributed by atoms with van der Waals surface area (Å²) in [6, 6.07) is 14.1. The first-order chi connectivity index (χ1) is 10.2. The van der Waals surface area contributed by atoms with Crippen molar-refractivity contribution in [3.8, 4) is 0 Å².